The van der Waals surface area contributed by atoms with Gasteiger partial charge >= 0.3 is 0 Å². The standard InChI is InChI=1S/C15H29NO3/c1-5-7-8-9-11-13(17)12-16(3,4)14(10-6-2)15(18)19/h5,13-14,17H,1,6-12H2,2-4H3. The molecule has 0 spiro atoms. The van der Waals surface area contributed by atoms with Crippen LogP contribution in [0.15, 0.2) is 12.7 Å². The average molecular weight is 271 g/mol. The summed E-state index contributed by atoms with van der Waals surface area (Å²) in [4.78, 5) is 11.2. The highest BCUT2D eigenvalue weighted by Crippen LogP contribution is 2.15. The molecular weight excluding hydrogens is 242 g/mol. The second-order valence-corrected chi connectivity index (χ2v) is 5.81. The Morgan fingerprint density at radius 1 is 1.37 bits per heavy atom. The van der Waals surface area contributed by atoms with Gasteiger partial charge in [0.05, 0.1) is 20.1 Å². The number of aliphatic carboxylic acids is 1. The molecule has 0 saturated carbocycles. The molecule has 0 aliphatic heterocycles. The van der Waals surface area contributed by atoms with Crippen LogP contribution >= 0.6 is 0 Å². The monoisotopic (exact) mass is 271 g/mol. The minimum absolute atomic E-state index is 0.277. The molecule has 4 heteroatoms. The molecule has 4 nitrogen and oxygen atoms in total. The maximum absolute atomic E-state index is 11.2. The predicted octanol–water partition coefficient (Wildman–Crippen LogP) is 1.09. The van der Waals surface area contributed by atoms with Gasteiger partial charge in [-0.25, -0.2) is 0 Å². The highest BCUT2D eigenvalue weighted by atomic mass is 16.4. The van der Waals surface area contributed by atoms with E-state index in [2.05, 4.69) is 6.58 Å². The minimum atomic E-state index is -1.02. The zero-order valence-electron chi connectivity index (χ0n) is 12.6. The summed E-state index contributed by atoms with van der Waals surface area (Å²) in [5.41, 5.74) is 0. The van der Waals surface area contributed by atoms with E-state index in [1.807, 2.05) is 27.1 Å². The molecule has 19 heavy (non-hydrogen) atoms. The van der Waals surface area contributed by atoms with Crippen LogP contribution in [0.25, 0.3) is 0 Å². The summed E-state index contributed by atoms with van der Waals surface area (Å²) in [6, 6.07) is -0.548. The first-order valence-corrected chi connectivity index (χ1v) is 7.17. The second-order valence-electron chi connectivity index (χ2n) is 5.81. The van der Waals surface area contributed by atoms with E-state index in [1.165, 1.54) is 0 Å². The lowest BCUT2D eigenvalue weighted by Gasteiger charge is -2.39. The van der Waals surface area contributed by atoms with E-state index in [4.69, 9.17) is 0 Å². The van der Waals surface area contributed by atoms with Crippen LogP contribution in [0.5, 0.6) is 0 Å². The molecule has 0 saturated heterocycles. The number of aliphatic hydroxyl groups is 1. The first-order chi connectivity index (χ1) is 8.85. The molecule has 0 fully saturated rings. The molecular formula is C15H29NO3. The van der Waals surface area contributed by atoms with E-state index in [0.717, 1.165) is 25.7 Å². The summed E-state index contributed by atoms with van der Waals surface area (Å²) < 4.78 is 0.277. The third-order valence-electron chi connectivity index (χ3n) is 3.55. The molecule has 2 unspecified atom stereocenters. The lowest BCUT2D eigenvalue weighted by molar-refractivity contribution is -0.911. The van der Waals surface area contributed by atoms with Crippen molar-refractivity contribution >= 4 is 5.97 Å². The molecule has 2 atom stereocenters. The summed E-state index contributed by atoms with van der Waals surface area (Å²) in [6.45, 7) is 6.07. The van der Waals surface area contributed by atoms with Crippen molar-refractivity contribution in [3.63, 3.8) is 0 Å². The number of carboxylic acids is 1. The molecule has 0 heterocycles. The van der Waals surface area contributed by atoms with Gasteiger partial charge in [-0.2, -0.15) is 0 Å². The highest BCUT2D eigenvalue weighted by Gasteiger charge is 2.30. The number of carbonyl (C=O) groups is 1. The number of carboxylic acid groups (broad SMARTS) is 1. The third kappa shape index (κ3) is 7.33. The van der Waals surface area contributed by atoms with Gasteiger partial charge in [-0.1, -0.05) is 25.8 Å². The Labute approximate surface area is 117 Å². The van der Waals surface area contributed by atoms with Gasteiger partial charge in [-0.15, -0.1) is 6.58 Å². The lowest BCUT2D eigenvalue weighted by atomic mass is 10.1. The fourth-order valence-electron chi connectivity index (χ4n) is 2.46. The molecule has 1 N–H and O–H groups in total. The van der Waals surface area contributed by atoms with Crippen molar-refractivity contribution in [1.29, 1.82) is 0 Å². The SMILES string of the molecule is C=CCCCCC(O)C[N+](C)(C)C(CCC)C(=O)[O-]. The third-order valence-corrected chi connectivity index (χ3v) is 3.55. The Morgan fingerprint density at radius 3 is 2.47 bits per heavy atom. The van der Waals surface area contributed by atoms with Crippen LogP contribution in [0.3, 0.4) is 0 Å². The molecule has 0 aliphatic rings. The predicted molar refractivity (Wildman–Crippen MR) is 75.4 cm³/mol. The molecule has 0 aromatic heterocycles. The largest absolute Gasteiger partial charge is 0.544 e. The van der Waals surface area contributed by atoms with Crippen molar-refractivity contribution < 1.29 is 19.5 Å². The van der Waals surface area contributed by atoms with Gasteiger partial charge in [-0.3, -0.25) is 0 Å². The molecule has 0 aliphatic carbocycles. The van der Waals surface area contributed by atoms with Crippen molar-refractivity contribution in [2.75, 3.05) is 20.6 Å². The molecule has 112 valence electrons. The van der Waals surface area contributed by atoms with Crippen LogP contribution in [0.2, 0.25) is 0 Å². The smallest absolute Gasteiger partial charge is 0.129 e. The van der Waals surface area contributed by atoms with Gasteiger partial charge in [0.1, 0.15) is 18.7 Å². The van der Waals surface area contributed by atoms with E-state index >= 15 is 0 Å². The van der Waals surface area contributed by atoms with Gasteiger partial charge in [-0.05, 0) is 19.3 Å². The second kappa shape index (κ2) is 9.10. The maximum atomic E-state index is 11.2. The molecule has 0 rings (SSSR count). The number of unbranched alkanes of at least 4 members (excludes halogenated alkanes) is 2. The van der Waals surface area contributed by atoms with E-state index in [9.17, 15) is 15.0 Å². The van der Waals surface area contributed by atoms with Gasteiger partial charge in [0, 0.05) is 6.42 Å². The number of likely N-dealkylation sites (N-methyl/N-ethyl adjacent to an activating group) is 1. The normalized spacial score (nSPS) is 14.9. The van der Waals surface area contributed by atoms with E-state index in [-0.39, 0.29) is 4.48 Å². The zero-order valence-corrected chi connectivity index (χ0v) is 12.6. The van der Waals surface area contributed by atoms with Crippen molar-refractivity contribution in [2.24, 2.45) is 0 Å². The minimum Gasteiger partial charge on any atom is -0.544 e. The Kier molecular flexibility index (Phi) is 8.68. The molecule has 0 amide bonds. The van der Waals surface area contributed by atoms with Crippen molar-refractivity contribution in [2.45, 2.75) is 57.6 Å². The van der Waals surface area contributed by atoms with Crippen LogP contribution in [0.1, 0.15) is 45.4 Å². The summed E-state index contributed by atoms with van der Waals surface area (Å²) in [5.74, 6) is -1.02. The Morgan fingerprint density at radius 2 is 2.00 bits per heavy atom. The van der Waals surface area contributed by atoms with Gasteiger partial charge in [0.2, 0.25) is 0 Å². The topological polar surface area (TPSA) is 60.4 Å². The Bertz CT molecular complexity index is 277. The number of aliphatic hydroxyl groups excluding tert-OH is 1. The van der Waals surface area contributed by atoms with Crippen LogP contribution in [0, 0.1) is 0 Å². The van der Waals surface area contributed by atoms with Crippen LogP contribution in [-0.2, 0) is 4.79 Å². The van der Waals surface area contributed by atoms with Crippen molar-refractivity contribution in [1.82, 2.24) is 0 Å². The number of allylic oxidation sites excluding steroid dienone is 1. The Balaban J connectivity index is 4.30. The fraction of sp³-hybridized carbons (Fsp3) is 0.800. The first-order valence-electron chi connectivity index (χ1n) is 7.17. The van der Waals surface area contributed by atoms with Crippen LogP contribution < -0.4 is 5.11 Å². The number of carbonyl (C=O) groups excluding carboxylic acids is 1. The summed E-state index contributed by atoms with van der Waals surface area (Å²) in [7, 11) is 3.70. The van der Waals surface area contributed by atoms with Crippen molar-refractivity contribution in [3.05, 3.63) is 12.7 Å². The highest BCUT2D eigenvalue weighted by molar-refractivity contribution is 5.69. The molecule has 0 radical (unpaired) electrons. The van der Waals surface area contributed by atoms with E-state index in [1.54, 1.807) is 0 Å². The number of nitrogens with zero attached hydrogens (tertiary/aromatic N) is 1. The zero-order chi connectivity index (χ0) is 14.9. The van der Waals surface area contributed by atoms with E-state index < -0.39 is 18.1 Å². The number of quaternary nitrogens is 1. The van der Waals surface area contributed by atoms with Crippen LogP contribution in [-0.4, -0.2) is 48.3 Å². The Hall–Kier alpha value is -0.870. The number of rotatable bonds is 11. The van der Waals surface area contributed by atoms with Gasteiger partial charge < -0.3 is 19.5 Å². The average Bonchev–Trinajstić information content (AvgIpc) is 2.30. The van der Waals surface area contributed by atoms with Crippen molar-refractivity contribution in [3.8, 4) is 0 Å². The number of hydrogen-bond donors (Lipinski definition) is 1. The maximum Gasteiger partial charge on any atom is 0.129 e. The molecule has 0 aromatic carbocycles. The summed E-state index contributed by atoms with van der Waals surface area (Å²) in [6.07, 6.45) is 6.43. The fourth-order valence-corrected chi connectivity index (χ4v) is 2.46. The lowest BCUT2D eigenvalue weighted by Crippen LogP contribution is -2.59. The van der Waals surface area contributed by atoms with Gasteiger partial charge in [0.15, 0.2) is 0 Å². The molecule has 0 bridgehead atoms. The quantitative estimate of drug-likeness (QED) is 0.348. The summed E-state index contributed by atoms with van der Waals surface area (Å²) >= 11 is 0. The first kappa shape index (κ1) is 18.1. The van der Waals surface area contributed by atoms with Crippen LogP contribution in [0.4, 0.5) is 0 Å². The van der Waals surface area contributed by atoms with E-state index in [0.29, 0.717) is 19.4 Å². The molecule has 0 aromatic rings. The number of hydrogen-bond acceptors (Lipinski definition) is 3. The van der Waals surface area contributed by atoms with Gasteiger partial charge in [0.25, 0.3) is 0 Å². The summed E-state index contributed by atoms with van der Waals surface area (Å²) in [5, 5.41) is 21.2.